The third-order valence-corrected chi connectivity index (χ3v) is 3.73. The average Bonchev–Trinajstić information content (AvgIpc) is 3.37. The highest BCUT2D eigenvalue weighted by Crippen LogP contribution is 2.38. The fraction of sp³-hybridized carbons (Fsp3) is 0.389. The van der Waals surface area contributed by atoms with E-state index in [0.717, 1.165) is 12.8 Å². The molecule has 3 rings (SSSR count). The zero-order chi connectivity index (χ0) is 17.6. The van der Waals surface area contributed by atoms with E-state index in [0.29, 0.717) is 35.7 Å². The molecule has 1 saturated carbocycles. The highest BCUT2D eigenvalue weighted by molar-refractivity contribution is 5.93. The van der Waals surface area contributed by atoms with Crippen LogP contribution in [-0.4, -0.2) is 28.8 Å². The summed E-state index contributed by atoms with van der Waals surface area (Å²) in [5, 5.41) is 6.69. The Kier molecular flexibility index (Phi) is 5.45. The number of anilines is 1. The molecule has 0 saturated heterocycles. The number of nitrogens with one attached hydrogen (secondary N) is 1. The normalized spacial score (nSPS) is 14.8. The fourth-order valence-electron chi connectivity index (χ4n) is 2.14. The van der Waals surface area contributed by atoms with Crippen molar-refractivity contribution in [3.8, 4) is 5.75 Å². The van der Waals surface area contributed by atoms with Crippen molar-refractivity contribution >= 4 is 11.6 Å². The number of aromatic nitrogens is 2. The van der Waals surface area contributed by atoms with Crippen LogP contribution in [0.2, 0.25) is 0 Å². The van der Waals surface area contributed by atoms with Crippen LogP contribution in [0.3, 0.4) is 0 Å². The minimum Gasteiger partial charge on any atom is -0.485 e. The zero-order valence-electron chi connectivity index (χ0n) is 14.1. The third kappa shape index (κ3) is 4.90. The second kappa shape index (κ2) is 7.94. The predicted octanol–water partition coefficient (Wildman–Crippen LogP) is 3.06. The maximum Gasteiger partial charge on any atom is 0.253 e. The summed E-state index contributed by atoms with van der Waals surface area (Å²) in [6.45, 7) is 5.82. The molecule has 0 bridgehead atoms. The van der Waals surface area contributed by atoms with Gasteiger partial charge in [-0.05, 0) is 44.0 Å². The first kappa shape index (κ1) is 17.2. The van der Waals surface area contributed by atoms with Crippen LogP contribution in [0, 0.1) is 0 Å². The molecule has 0 radical (unpaired) electrons. The van der Waals surface area contributed by atoms with E-state index in [1.54, 1.807) is 37.3 Å². The number of nitrogens with zero attached hydrogens (tertiary/aromatic N) is 2. The summed E-state index contributed by atoms with van der Waals surface area (Å²) >= 11 is 0. The van der Waals surface area contributed by atoms with Gasteiger partial charge in [-0.2, -0.15) is 4.98 Å². The van der Waals surface area contributed by atoms with Crippen molar-refractivity contribution in [1.82, 2.24) is 10.1 Å². The van der Waals surface area contributed by atoms with E-state index in [-0.39, 0.29) is 12.5 Å². The molecule has 25 heavy (non-hydrogen) atoms. The van der Waals surface area contributed by atoms with Gasteiger partial charge in [0.15, 0.2) is 6.61 Å². The maximum atomic E-state index is 11.9. The van der Waals surface area contributed by atoms with Gasteiger partial charge in [-0.15, -0.1) is 6.58 Å². The van der Waals surface area contributed by atoms with Gasteiger partial charge in [0.25, 0.3) is 5.91 Å². The van der Waals surface area contributed by atoms with Crippen LogP contribution in [0.1, 0.15) is 37.4 Å². The number of hydrogen-bond acceptors (Lipinski definition) is 6. The first-order valence-electron chi connectivity index (χ1n) is 8.24. The number of carbonyl (C=O) groups excluding carboxylic acids is 1. The van der Waals surface area contributed by atoms with Gasteiger partial charge >= 0.3 is 0 Å². The van der Waals surface area contributed by atoms with E-state index >= 15 is 0 Å². The Balaban J connectivity index is 1.47. The summed E-state index contributed by atoms with van der Waals surface area (Å²) in [7, 11) is 0. The van der Waals surface area contributed by atoms with Crippen molar-refractivity contribution in [1.29, 1.82) is 0 Å². The Labute approximate surface area is 146 Å². The second-order valence-electron chi connectivity index (χ2n) is 5.89. The van der Waals surface area contributed by atoms with Gasteiger partial charge in [0.1, 0.15) is 11.9 Å². The number of ether oxygens (including phenoxy) is 2. The van der Waals surface area contributed by atoms with Crippen LogP contribution < -0.4 is 10.1 Å². The topological polar surface area (TPSA) is 86.5 Å². The largest absolute Gasteiger partial charge is 0.485 e. The van der Waals surface area contributed by atoms with E-state index in [9.17, 15) is 4.79 Å². The number of amides is 1. The minimum absolute atomic E-state index is 0.213. The molecule has 0 aliphatic heterocycles. The van der Waals surface area contributed by atoms with E-state index in [1.165, 1.54) is 0 Å². The number of hydrogen-bond donors (Lipinski definition) is 1. The van der Waals surface area contributed by atoms with Crippen molar-refractivity contribution in [2.75, 3.05) is 11.9 Å². The molecule has 1 heterocycles. The lowest BCUT2D eigenvalue weighted by atomic mass is 10.3. The Morgan fingerprint density at radius 3 is 2.88 bits per heavy atom. The molecule has 1 aromatic heterocycles. The van der Waals surface area contributed by atoms with Crippen LogP contribution >= 0.6 is 0 Å². The van der Waals surface area contributed by atoms with Crippen molar-refractivity contribution in [3.63, 3.8) is 0 Å². The van der Waals surface area contributed by atoms with E-state index in [2.05, 4.69) is 22.0 Å². The summed E-state index contributed by atoms with van der Waals surface area (Å²) in [5.74, 6) is 2.11. The SMILES string of the molecule is C=CCO[C@@H](C)C(=O)Nc1ccc(OCc2noc(C3CC3)n2)cc1. The van der Waals surface area contributed by atoms with E-state index < -0.39 is 6.10 Å². The summed E-state index contributed by atoms with van der Waals surface area (Å²) in [6.07, 6.45) is 3.29. The molecule has 132 valence electrons. The molecule has 1 aliphatic carbocycles. The van der Waals surface area contributed by atoms with Crippen LogP contribution in [-0.2, 0) is 16.1 Å². The van der Waals surface area contributed by atoms with Crippen LogP contribution in [0.25, 0.3) is 0 Å². The molecule has 0 spiro atoms. The molecule has 0 unspecified atom stereocenters. The van der Waals surface area contributed by atoms with Crippen LogP contribution in [0.4, 0.5) is 5.69 Å². The molecule has 7 nitrogen and oxygen atoms in total. The standard InChI is InChI=1S/C18H21N3O4/c1-3-10-23-12(2)17(22)19-14-6-8-15(9-7-14)24-11-16-20-18(25-21-16)13-4-5-13/h3,6-9,12-13H,1,4-5,10-11H2,2H3,(H,19,22)/t12-/m0/s1. The molecule has 1 atom stereocenters. The minimum atomic E-state index is -0.548. The predicted molar refractivity (Wildman–Crippen MR) is 91.3 cm³/mol. The smallest absolute Gasteiger partial charge is 0.253 e. The van der Waals surface area contributed by atoms with Gasteiger partial charge in [-0.1, -0.05) is 11.2 Å². The molecular weight excluding hydrogens is 322 g/mol. The van der Waals surface area contributed by atoms with Gasteiger partial charge in [0, 0.05) is 11.6 Å². The van der Waals surface area contributed by atoms with Gasteiger partial charge < -0.3 is 19.3 Å². The molecule has 1 aromatic carbocycles. The van der Waals surface area contributed by atoms with Crippen molar-refractivity contribution in [2.24, 2.45) is 0 Å². The summed E-state index contributed by atoms with van der Waals surface area (Å²) in [4.78, 5) is 16.3. The van der Waals surface area contributed by atoms with Crippen molar-refractivity contribution < 1.29 is 18.8 Å². The monoisotopic (exact) mass is 343 g/mol. The maximum absolute atomic E-state index is 11.9. The van der Waals surface area contributed by atoms with Crippen LogP contribution in [0.15, 0.2) is 41.4 Å². The quantitative estimate of drug-likeness (QED) is 0.704. The Morgan fingerprint density at radius 2 is 2.20 bits per heavy atom. The molecule has 1 aliphatic rings. The lowest BCUT2D eigenvalue weighted by Crippen LogP contribution is -2.27. The van der Waals surface area contributed by atoms with E-state index in [4.69, 9.17) is 14.0 Å². The fourth-order valence-corrected chi connectivity index (χ4v) is 2.14. The number of benzene rings is 1. The van der Waals surface area contributed by atoms with Crippen molar-refractivity contribution in [2.45, 2.75) is 38.4 Å². The lowest BCUT2D eigenvalue weighted by Gasteiger charge is -2.12. The third-order valence-electron chi connectivity index (χ3n) is 3.73. The summed E-state index contributed by atoms with van der Waals surface area (Å²) in [6, 6.07) is 7.07. The Morgan fingerprint density at radius 1 is 1.44 bits per heavy atom. The Bertz CT molecular complexity index is 722. The van der Waals surface area contributed by atoms with Gasteiger partial charge in [-0.25, -0.2) is 0 Å². The molecular formula is C18H21N3O4. The van der Waals surface area contributed by atoms with Gasteiger partial charge in [0.2, 0.25) is 11.7 Å². The first-order valence-corrected chi connectivity index (χ1v) is 8.24. The van der Waals surface area contributed by atoms with Crippen molar-refractivity contribution in [3.05, 3.63) is 48.6 Å². The zero-order valence-corrected chi connectivity index (χ0v) is 14.1. The molecule has 1 amide bonds. The van der Waals surface area contributed by atoms with Gasteiger partial charge in [0.05, 0.1) is 6.61 Å². The highest BCUT2D eigenvalue weighted by atomic mass is 16.5. The molecule has 2 aromatic rings. The Hall–Kier alpha value is -2.67. The number of carbonyl (C=O) groups is 1. The molecule has 1 fully saturated rings. The van der Waals surface area contributed by atoms with Gasteiger partial charge in [-0.3, -0.25) is 4.79 Å². The average molecular weight is 343 g/mol. The van der Waals surface area contributed by atoms with E-state index in [1.807, 2.05) is 0 Å². The second-order valence-corrected chi connectivity index (χ2v) is 5.89. The molecule has 7 heteroatoms. The highest BCUT2D eigenvalue weighted by Gasteiger charge is 2.29. The first-order chi connectivity index (χ1) is 12.2. The lowest BCUT2D eigenvalue weighted by molar-refractivity contribution is -0.125. The van der Waals surface area contributed by atoms with Crippen LogP contribution in [0.5, 0.6) is 5.75 Å². The molecule has 1 N–H and O–H groups in total. The summed E-state index contributed by atoms with van der Waals surface area (Å²) < 4.78 is 16.1. The summed E-state index contributed by atoms with van der Waals surface area (Å²) in [5.41, 5.74) is 0.669. The number of rotatable bonds is 9.